The molecule has 2 aromatic rings. The Kier molecular flexibility index (Phi) is 4.97. The summed E-state index contributed by atoms with van der Waals surface area (Å²) in [4.78, 5) is 0. The van der Waals surface area contributed by atoms with Crippen molar-refractivity contribution in [1.82, 2.24) is 5.32 Å². The number of aryl methyl sites for hydroxylation is 2. The zero-order valence-electron chi connectivity index (χ0n) is 13.0. The van der Waals surface area contributed by atoms with Crippen LogP contribution in [0.1, 0.15) is 30.5 Å². The number of benzene rings is 2. The largest absolute Gasteiger partial charge is 0.454 e. The summed E-state index contributed by atoms with van der Waals surface area (Å²) in [5.74, 6) is 0.615. The van der Waals surface area contributed by atoms with Crippen LogP contribution in [0.3, 0.4) is 0 Å². The van der Waals surface area contributed by atoms with Crippen LogP contribution in [0, 0.1) is 19.7 Å². The number of halogens is 1. The van der Waals surface area contributed by atoms with Gasteiger partial charge < -0.3 is 10.1 Å². The second-order valence-corrected chi connectivity index (χ2v) is 5.67. The molecule has 0 atom stereocenters. The molecule has 1 N–H and O–H groups in total. The molecule has 0 bridgehead atoms. The Morgan fingerprint density at radius 1 is 1.05 bits per heavy atom. The van der Waals surface area contributed by atoms with E-state index in [1.54, 1.807) is 12.1 Å². The molecule has 0 aliphatic rings. The fourth-order valence-electron chi connectivity index (χ4n) is 2.07. The van der Waals surface area contributed by atoms with Crippen molar-refractivity contribution in [1.29, 1.82) is 0 Å². The average Bonchev–Trinajstić information content (AvgIpc) is 2.43. The van der Waals surface area contributed by atoms with Crippen molar-refractivity contribution in [2.45, 2.75) is 40.3 Å². The molecule has 0 aliphatic carbocycles. The van der Waals surface area contributed by atoms with E-state index in [1.165, 1.54) is 11.6 Å². The van der Waals surface area contributed by atoms with E-state index in [0.29, 0.717) is 11.8 Å². The molecule has 0 aliphatic heterocycles. The fraction of sp³-hybridized carbons (Fsp3) is 0.333. The highest BCUT2D eigenvalue weighted by Crippen LogP contribution is 2.28. The third kappa shape index (κ3) is 4.30. The van der Waals surface area contributed by atoms with Crippen molar-refractivity contribution in [2.24, 2.45) is 0 Å². The average molecular weight is 287 g/mol. The summed E-state index contributed by atoms with van der Waals surface area (Å²) in [5, 5.41) is 3.37. The lowest BCUT2D eigenvalue weighted by molar-refractivity contribution is 0.439. The Hall–Kier alpha value is -1.87. The summed E-state index contributed by atoms with van der Waals surface area (Å²) in [5.41, 5.74) is 3.17. The van der Waals surface area contributed by atoms with Crippen molar-refractivity contribution in [3.05, 3.63) is 58.9 Å². The van der Waals surface area contributed by atoms with Crippen LogP contribution in [0.2, 0.25) is 0 Å². The predicted octanol–water partition coefficient (Wildman–Crippen LogP) is 4.73. The van der Waals surface area contributed by atoms with Crippen LogP contribution in [-0.4, -0.2) is 6.04 Å². The third-order valence-corrected chi connectivity index (χ3v) is 3.26. The molecule has 0 saturated heterocycles. The van der Waals surface area contributed by atoms with Crippen LogP contribution >= 0.6 is 0 Å². The number of hydrogen-bond acceptors (Lipinski definition) is 2. The monoisotopic (exact) mass is 287 g/mol. The van der Waals surface area contributed by atoms with Crippen LogP contribution in [-0.2, 0) is 6.54 Å². The Morgan fingerprint density at radius 2 is 1.81 bits per heavy atom. The summed E-state index contributed by atoms with van der Waals surface area (Å²) in [6, 6.07) is 11.3. The first-order valence-electron chi connectivity index (χ1n) is 7.22. The van der Waals surface area contributed by atoms with Gasteiger partial charge in [-0.05, 0) is 48.7 Å². The summed E-state index contributed by atoms with van der Waals surface area (Å²) in [6.45, 7) is 8.94. The van der Waals surface area contributed by atoms with Gasteiger partial charge in [-0.3, -0.25) is 0 Å². The summed E-state index contributed by atoms with van der Waals surface area (Å²) in [7, 11) is 0. The maximum Gasteiger partial charge on any atom is 0.165 e. The molecule has 0 aromatic heterocycles. The summed E-state index contributed by atoms with van der Waals surface area (Å²) < 4.78 is 19.4. The Bertz CT molecular complexity index is 623. The quantitative estimate of drug-likeness (QED) is 0.858. The van der Waals surface area contributed by atoms with Crippen LogP contribution < -0.4 is 10.1 Å². The van der Waals surface area contributed by atoms with Gasteiger partial charge in [-0.25, -0.2) is 4.39 Å². The smallest absolute Gasteiger partial charge is 0.165 e. The van der Waals surface area contributed by atoms with Gasteiger partial charge in [0.25, 0.3) is 0 Å². The lowest BCUT2D eigenvalue weighted by Crippen LogP contribution is -2.21. The number of rotatable bonds is 5. The van der Waals surface area contributed by atoms with Crippen LogP contribution in [0.4, 0.5) is 4.39 Å². The maximum absolute atomic E-state index is 13.7. The van der Waals surface area contributed by atoms with E-state index in [-0.39, 0.29) is 11.6 Å². The van der Waals surface area contributed by atoms with Gasteiger partial charge >= 0.3 is 0 Å². The Balaban J connectivity index is 2.15. The minimum absolute atomic E-state index is 0.270. The number of ether oxygens (including phenoxy) is 1. The van der Waals surface area contributed by atoms with Gasteiger partial charge in [-0.1, -0.05) is 32.0 Å². The second kappa shape index (κ2) is 6.72. The zero-order chi connectivity index (χ0) is 15.4. The van der Waals surface area contributed by atoms with E-state index < -0.39 is 0 Å². The van der Waals surface area contributed by atoms with E-state index in [2.05, 4.69) is 25.2 Å². The zero-order valence-corrected chi connectivity index (χ0v) is 13.0. The molecule has 0 fully saturated rings. The predicted molar refractivity (Wildman–Crippen MR) is 84.4 cm³/mol. The highest BCUT2D eigenvalue weighted by Gasteiger charge is 2.08. The highest BCUT2D eigenvalue weighted by atomic mass is 19.1. The lowest BCUT2D eigenvalue weighted by atomic mass is 10.1. The van der Waals surface area contributed by atoms with E-state index >= 15 is 0 Å². The van der Waals surface area contributed by atoms with E-state index in [4.69, 9.17) is 4.74 Å². The molecule has 21 heavy (non-hydrogen) atoms. The molecule has 0 saturated carbocycles. The highest BCUT2D eigenvalue weighted by molar-refractivity contribution is 5.41. The molecule has 0 heterocycles. The summed E-state index contributed by atoms with van der Waals surface area (Å²) in [6.07, 6.45) is 0. The van der Waals surface area contributed by atoms with Gasteiger partial charge in [0.2, 0.25) is 0 Å². The molecular weight excluding hydrogens is 265 g/mol. The van der Waals surface area contributed by atoms with Crippen molar-refractivity contribution < 1.29 is 9.13 Å². The third-order valence-electron chi connectivity index (χ3n) is 3.26. The van der Waals surface area contributed by atoms with Gasteiger partial charge in [0, 0.05) is 12.6 Å². The van der Waals surface area contributed by atoms with E-state index in [9.17, 15) is 4.39 Å². The first-order chi connectivity index (χ1) is 9.95. The van der Waals surface area contributed by atoms with Gasteiger partial charge in [-0.15, -0.1) is 0 Å². The Morgan fingerprint density at radius 3 is 2.48 bits per heavy atom. The molecule has 2 nitrogen and oxygen atoms in total. The Labute approximate surface area is 126 Å². The molecular formula is C18H22FNO. The van der Waals surface area contributed by atoms with Gasteiger partial charge in [0.15, 0.2) is 11.6 Å². The van der Waals surface area contributed by atoms with Crippen molar-refractivity contribution in [3.8, 4) is 11.5 Å². The van der Waals surface area contributed by atoms with E-state index in [0.717, 1.165) is 17.7 Å². The molecule has 0 amide bonds. The van der Waals surface area contributed by atoms with Crippen LogP contribution in [0.5, 0.6) is 11.5 Å². The molecule has 2 aromatic carbocycles. The first-order valence-corrected chi connectivity index (χ1v) is 7.22. The van der Waals surface area contributed by atoms with E-state index in [1.807, 2.05) is 26.0 Å². The topological polar surface area (TPSA) is 21.3 Å². The van der Waals surface area contributed by atoms with Crippen molar-refractivity contribution in [2.75, 3.05) is 0 Å². The van der Waals surface area contributed by atoms with Gasteiger partial charge in [0.1, 0.15) is 5.75 Å². The maximum atomic E-state index is 13.7. The number of hydrogen-bond donors (Lipinski definition) is 1. The van der Waals surface area contributed by atoms with Crippen molar-refractivity contribution >= 4 is 0 Å². The number of nitrogens with one attached hydrogen (secondary N) is 1. The molecule has 2 rings (SSSR count). The van der Waals surface area contributed by atoms with Crippen molar-refractivity contribution in [3.63, 3.8) is 0 Å². The van der Waals surface area contributed by atoms with Gasteiger partial charge in [-0.2, -0.15) is 0 Å². The fourth-order valence-corrected chi connectivity index (χ4v) is 2.07. The normalized spacial score (nSPS) is 11.0. The standard InChI is InChI=1S/C18H22FNO/c1-12(2)20-11-15-6-8-17(14(4)10-15)21-18-9-13(3)5-7-16(18)19/h5-10,12,20H,11H2,1-4H3. The lowest BCUT2D eigenvalue weighted by Gasteiger charge is -2.13. The molecule has 0 spiro atoms. The molecule has 0 unspecified atom stereocenters. The minimum Gasteiger partial charge on any atom is -0.454 e. The molecule has 112 valence electrons. The minimum atomic E-state index is -0.342. The van der Waals surface area contributed by atoms with Gasteiger partial charge in [0.05, 0.1) is 0 Å². The summed E-state index contributed by atoms with van der Waals surface area (Å²) >= 11 is 0. The van der Waals surface area contributed by atoms with Crippen LogP contribution in [0.15, 0.2) is 36.4 Å². The molecule has 3 heteroatoms. The second-order valence-electron chi connectivity index (χ2n) is 5.67. The SMILES string of the molecule is Cc1ccc(F)c(Oc2ccc(CNC(C)C)cc2C)c1. The molecule has 0 radical (unpaired) electrons. The first kappa shape index (κ1) is 15.5. The van der Waals surface area contributed by atoms with Crippen LogP contribution in [0.25, 0.3) is 0 Å².